The van der Waals surface area contributed by atoms with Crippen molar-refractivity contribution in [2.24, 2.45) is 5.92 Å². The molecule has 1 aliphatic rings. The molecule has 0 aliphatic heterocycles. The van der Waals surface area contributed by atoms with E-state index < -0.39 is 51.0 Å². The number of nitrogens with one attached hydrogen (secondary N) is 3. The van der Waals surface area contributed by atoms with Crippen molar-refractivity contribution in [2.45, 2.75) is 110 Å². The average Bonchev–Trinajstić information content (AvgIpc) is 3.72. The van der Waals surface area contributed by atoms with Crippen molar-refractivity contribution >= 4 is 39.4 Å². The highest BCUT2D eigenvalue weighted by atomic mass is 32.2. The SMILES string of the molecule is Cc1c(C(=O)OC(C)(C)C)ccc2c1CC[C@@H]2NC(=O)c1cc(C(=O)NCc2cccc(S(=O)(=O)N[C@@H](C(=O)OC(C)(C)C)C(C)C)c2)nc2ccnn12. The summed E-state index contributed by atoms with van der Waals surface area (Å²) in [6.45, 7) is 15.8. The van der Waals surface area contributed by atoms with Crippen molar-refractivity contribution in [3.05, 3.63) is 93.9 Å². The number of benzene rings is 2. The Morgan fingerprint density at radius 1 is 0.944 bits per heavy atom. The topological polar surface area (TPSA) is 187 Å². The third kappa shape index (κ3) is 9.31. The van der Waals surface area contributed by atoms with Gasteiger partial charge in [-0.2, -0.15) is 9.82 Å². The van der Waals surface area contributed by atoms with E-state index in [0.717, 1.165) is 16.7 Å². The van der Waals surface area contributed by atoms with Crippen LogP contribution in [0.15, 0.2) is 59.6 Å². The summed E-state index contributed by atoms with van der Waals surface area (Å²) < 4.78 is 41.5. The molecule has 2 aromatic heterocycles. The standard InChI is InChI=1S/C39H48N6O8S/c1-22(2)33(37(49)53-39(7,8)9)44-54(50,51)25-12-10-11-24(19-25)21-40-34(46)30-20-31(45-32(42-30)17-18-41-45)35(47)43-29-16-15-26-23(3)27(13-14-28(26)29)36(48)52-38(4,5)6/h10-14,17-20,22,29,33,44H,15-16,21H2,1-9H3,(H,40,46)(H,43,47)/t29-,33+/m0/s1. The smallest absolute Gasteiger partial charge is 0.338 e. The number of hydrogen-bond acceptors (Lipinski definition) is 10. The van der Waals surface area contributed by atoms with Crippen LogP contribution in [-0.4, -0.2) is 64.0 Å². The van der Waals surface area contributed by atoms with Gasteiger partial charge in [-0.05, 0) is 108 Å². The van der Waals surface area contributed by atoms with Crippen LogP contribution in [-0.2, 0) is 37.3 Å². The van der Waals surface area contributed by atoms with Crippen LogP contribution >= 0.6 is 0 Å². The third-order valence-corrected chi connectivity index (χ3v) is 10.2. The number of carbonyl (C=O) groups is 4. The second-order valence-electron chi connectivity index (χ2n) is 15.7. The summed E-state index contributed by atoms with van der Waals surface area (Å²) >= 11 is 0. The quantitative estimate of drug-likeness (QED) is 0.176. The van der Waals surface area contributed by atoms with Gasteiger partial charge >= 0.3 is 11.9 Å². The van der Waals surface area contributed by atoms with Gasteiger partial charge in [-0.25, -0.2) is 22.7 Å². The summed E-state index contributed by atoms with van der Waals surface area (Å²) in [7, 11) is -4.15. The Hall–Kier alpha value is -5.15. The largest absolute Gasteiger partial charge is 0.459 e. The molecule has 0 saturated carbocycles. The molecular weight excluding hydrogens is 713 g/mol. The van der Waals surface area contributed by atoms with E-state index in [4.69, 9.17) is 9.47 Å². The first-order valence-electron chi connectivity index (χ1n) is 17.8. The minimum absolute atomic E-state index is 0.0413. The number of esters is 2. The van der Waals surface area contributed by atoms with Gasteiger partial charge in [0, 0.05) is 18.7 Å². The molecule has 0 saturated heterocycles. The summed E-state index contributed by atoms with van der Waals surface area (Å²) in [4.78, 5) is 57.1. The van der Waals surface area contributed by atoms with Crippen molar-refractivity contribution in [3.63, 3.8) is 0 Å². The highest BCUT2D eigenvalue weighted by Crippen LogP contribution is 2.35. The van der Waals surface area contributed by atoms with E-state index in [1.807, 2.05) is 33.8 Å². The van der Waals surface area contributed by atoms with Crippen LogP contribution in [0.5, 0.6) is 0 Å². The maximum absolute atomic E-state index is 13.8. The summed E-state index contributed by atoms with van der Waals surface area (Å²) in [5, 5.41) is 10.1. The lowest BCUT2D eigenvalue weighted by molar-refractivity contribution is -0.158. The maximum Gasteiger partial charge on any atom is 0.338 e. The number of fused-ring (bicyclic) bond motifs is 2. The van der Waals surface area contributed by atoms with E-state index in [2.05, 4.69) is 25.4 Å². The first kappa shape index (κ1) is 40.0. The van der Waals surface area contributed by atoms with Gasteiger partial charge < -0.3 is 20.1 Å². The Morgan fingerprint density at radius 3 is 2.31 bits per heavy atom. The average molecular weight is 761 g/mol. The van der Waals surface area contributed by atoms with Crippen molar-refractivity contribution in [3.8, 4) is 0 Å². The summed E-state index contributed by atoms with van der Waals surface area (Å²) in [5.41, 5.74) is 2.56. The van der Waals surface area contributed by atoms with Gasteiger partial charge in [0.1, 0.15) is 28.6 Å². The maximum atomic E-state index is 13.8. The molecule has 5 rings (SSSR count). The number of sulfonamides is 1. The molecular formula is C39H48N6O8S. The first-order valence-corrected chi connectivity index (χ1v) is 19.3. The highest BCUT2D eigenvalue weighted by Gasteiger charge is 2.33. The van der Waals surface area contributed by atoms with E-state index in [1.165, 1.54) is 35.0 Å². The van der Waals surface area contributed by atoms with Gasteiger partial charge in [-0.3, -0.25) is 14.4 Å². The minimum atomic E-state index is -4.15. The summed E-state index contributed by atoms with van der Waals surface area (Å²) in [6, 6.07) is 11.0. The molecule has 0 unspecified atom stereocenters. The summed E-state index contributed by atoms with van der Waals surface area (Å²) in [6.07, 6.45) is 2.74. The van der Waals surface area contributed by atoms with Crippen molar-refractivity contribution in [2.75, 3.05) is 0 Å². The summed E-state index contributed by atoms with van der Waals surface area (Å²) in [5.74, 6) is -2.54. The molecule has 14 nitrogen and oxygen atoms in total. The van der Waals surface area contributed by atoms with E-state index in [9.17, 15) is 27.6 Å². The Bertz CT molecular complexity index is 2220. The van der Waals surface area contributed by atoms with Crippen LogP contribution in [0, 0.1) is 12.8 Å². The minimum Gasteiger partial charge on any atom is -0.459 e. The number of amides is 2. The van der Waals surface area contributed by atoms with Crippen LogP contribution in [0.3, 0.4) is 0 Å². The number of rotatable bonds is 11. The lowest BCUT2D eigenvalue weighted by Crippen LogP contribution is -2.47. The zero-order valence-electron chi connectivity index (χ0n) is 32.1. The molecule has 2 heterocycles. The van der Waals surface area contributed by atoms with Gasteiger partial charge in [0.25, 0.3) is 11.8 Å². The fraction of sp³-hybridized carbons (Fsp3) is 0.436. The third-order valence-electron chi connectivity index (χ3n) is 8.71. The molecule has 54 heavy (non-hydrogen) atoms. The van der Waals surface area contributed by atoms with Crippen LogP contribution in [0.25, 0.3) is 5.65 Å². The van der Waals surface area contributed by atoms with E-state index in [-0.39, 0.29) is 40.4 Å². The number of carbonyl (C=O) groups excluding carboxylic acids is 4. The molecule has 0 spiro atoms. The molecule has 4 aromatic rings. The van der Waals surface area contributed by atoms with Crippen LogP contribution in [0.4, 0.5) is 0 Å². The molecule has 2 amide bonds. The van der Waals surface area contributed by atoms with Crippen LogP contribution < -0.4 is 15.4 Å². The first-order chi connectivity index (χ1) is 25.1. The molecule has 0 radical (unpaired) electrons. The molecule has 15 heteroatoms. The highest BCUT2D eigenvalue weighted by molar-refractivity contribution is 7.89. The number of nitrogens with zero attached hydrogens (tertiary/aromatic N) is 3. The number of aromatic nitrogens is 3. The molecule has 288 valence electrons. The van der Waals surface area contributed by atoms with Crippen molar-refractivity contribution < 1.29 is 37.1 Å². The zero-order chi connectivity index (χ0) is 39.7. The van der Waals surface area contributed by atoms with Crippen LogP contribution in [0.2, 0.25) is 0 Å². The van der Waals surface area contributed by atoms with Gasteiger partial charge in [-0.15, -0.1) is 0 Å². The fourth-order valence-electron chi connectivity index (χ4n) is 6.16. The Kier molecular flexibility index (Phi) is 11.3. The van der Waals surface area contributed by atoms with E-state index >= 15 is 0 Å². The molecule has 0 fully saturated rings. The Morgan fingerprint density at radius 2 is 1.65 bits per heavy atom. The lowest BCUT2D eigenvalue weighted by atomic mass is 9.97. The predicted octanol–water partition coefficient (Wildman–Crippen LogP) is 4.98. The van der Waals surface area contributed by atoms with Crippen LogP contribution in [0.1, 0.15) is 121 Å². The molecule has 2 atom stereocenters. The van der Waals surface area contributed by atoms with E-state index in [1.54, 1.807) is 52.8 Å². The predicted molar refractivity (Wildman–Crippen MR) is 200 cm³/mol. The van der Waals surface area contributed by atoms with Gasteiger partial charge in [0.15, 0.2) is 5.65 Å². The normalized spacial score (nSPS) is 15.1. The monoisotopic (exact) mass is 760 g/mol. The zero-order valence-corrected chi connectivity index (χ0v) is 32.9. The second-order valence-corrected chi connectivity index (χ2v) is 17.4. The van der Waals surface area contributed by atoms with E-state index in [0.29, 0.717) is 24.0 Å². The fourth-order valence-corrected chi connectivity index (χ4v) is 7.56. The van der Waals surface area contributed by atoms with Gasteiger partial charge in [0.05, 0.1) is 22.7 Å². The Balaban J connectivity index is 1.30. The number of hydrogen-bond donors (Lipinski definition) is 3. The molecule has 0 bridgehead atoms. The van der Waals surface area contributed by atoms with Gasteiger partial charge in [0.2, 0.25) is 10.0 Å². The molecule has 3 N–H and O–H groups in total. The lowest BCUT2D eigenvalue weighted by Gasteiger charge is -2.26. The molecule has 2 aromatic carbocycles. The molecule has 1 aliphatic carbocycles. The second kappa shape index (κ2) is 15.3. The Labute approximate surface area is 315 Å². The van der Waals surface area contributed by atoms with Gasteiger partial charge in [-0.1, -0.05) is 32.0 Å². The van der Waals surface area contributed by atoms with Crippen molar-refractivity contribution in [1.29, 1.82) is 0 Å². The van der Waals surface area contributed by atoms with Crippen molar-refractivity contribution in [1.82, 2.24) is 30.0 Å². The number of ether oxygens (including phenoxy) is 2.